The SMILES string of the molecule is CN(C)[C@H]1CCOC2(CCN(C(=O)c3cccc(C#N)c3)CC2)C1. The van der Waals surface area contributed by atoms with Gasteiger partial charge in [0, 0.05) is 31.3 Å². The smallest absolute Gasteiger partial charge is 0.253 e. The fourth-order valence-electron chi connectivity index (χ4n) is 3.81. The average molecular weight is 327 g/mol. The molecule has 1 aromatic rings. The van der Waals surface area contributed by atoms with Gasteiger partial charge in [0.05, 0.1) is 17.2 Å². The predicted molar refractivity (Wildman–Crippen MR) is 91.7 cm³/mol. The van der Waals surface area contributed by atoms with Crippen LogP contribution in [0.1, 0.15) is 41.6 Å². The number of hydrogen-bond donors (Lipinski definition) is 0. The van der Waals surface area contributed by atoms with Gasteiger partial charge in [0.2, 0.25) is 0 Å². The van der Waals surface area contributed by atoms with Crippen LogP contribution in [0.4, 0.5) is 0 Å². The Morgan fingerprint density at radius 1 is 1.38 bits per heavy atom. The normalized spacial score (nSPS) is 23.2. The van der Waals surface area contributed by atoms with Gasteiger partial charge in [-0.3, -0.25) is 4.79 Å². The van der Waals surface area contributed by atoms with E-state index in [9.17, 15) is 4.79 Å². The molecule has 128 valence electrons. The molecular weight excluding hydrogens is 302 g/mol. The number of amides is 1. The fraction of sp³-hybridized carbons (Fsp3) is 0.579. The van der Waals surface area contributed by atoms with Crippen molar-refractivity contribution in [3.8, 4) is 6.07 Å². The van der Waals surface area contributed by atoms with Crippen LogP contribution in [0, 0.1) is 11.3 Å². The van der Waals surface area contributed by atoms with E-state index in [1.165, 1.54) is 0 Å². The summed E-state index contributed by atoms with van der Waals surface area (Å²) in [5.41, 5.74) is 1.05. The molecule has 2 saturated heterocycles. The average Bonchev–Trinajstić information content (AvgIpc) is 2.62. The standard InChI is InChI=1S/C19H25N3O2/c1-21(2)17-6-11-24-19(13-17)7-9-22(10-8-19)18(23)16-5-3-4-15(12-16)14-20/h3-5,12,17H,6-11,13H2,1-2H3/t17-/m0/s1. The molecule has 1 atom stereocenters. The summed E-state index contributed by atoms with van der Waals surface area (Å²) < 4.78 is 6.15. The summed E-state index contributed by atoms with van der Waals surface area (Å²) in [6, 6.07) is 9.60. The molecule has 2 fully saturated rings. The topological polar surface area (TPSA) is 56.6 Å². The number of nitrogens with zero attached hydrogens (tertiary/aromatic N) is 3. The van der Waals surface area contributed by atoms with Crippen LogP contribution in [0.25, 0.3) is 0 Å². The zero-order valence-corrected chi connectivity index (χ0v) is 14.5. The quantitative estimate of drug-likeness (QED) is 0.836. The van der Waals surface area contributed by atoms with E-state index in [0.29, 0.717) is 17.2 Å². The summed E-state index contributed by atoms with van der Waals surface area (Å²) in [6.07, 6.45) is 3.91. The number of hydrogen-bond acceptors (Lipinski definition) is 4. The molecule has 5 nitrogen and oxygen atoms in total. The van der Waals surface area contributed by atoms with Crippen molar-refractivity contribution in [2.75, 3.05) is 33.8 Å². The summed E-state index contributed by atoms with van der Waals surface area (Å²) in [6.45, 7) is 2.24. The second-order valence-electron chi connectivity index (χ2n) is 7.13. The van der Waals surface area contributed by atoms with Gasteiger partial charge in [0.1, 0.15) is 0 Å². The molecule has 5 heteroatoms. The van der Waals surface area contributed by atoms with E-state index in [1.807, 2.05) is 4.90 Å². The maximum atomic E-state index is 12.7. The van der Waals surface area contributed by atoms with Crippen molar-refractivity contribution in [1.82, 2.24) is 9.80 Å². The number of carbonyl (C=O) groups is 1. The Hall–Kier alpha value is -1.90. The van der Waals surface area contributed by atoms with Crippen LogP contribution in [0.2, 0.25) is 0 Å². The first-order chi connectivity index (χ1) is 11.5. The third-order valence-corrected chi connectivity index (χ3v) is 5.40. The highest BCUT2D eigenvalue weighted by atomic mass is 16.5. The maximum Gasteiger partial charge on any atom is 0.253 e. The van der Waals surface area contributed by atoms with E-state index in [4.69, 9.17) is 10.00 Å². The molecule has 1 amide bonds. The molecule has 0 saturated carbocycles. The first kappa shape index (κ1) is 16.9. The lowest BCUT2D eigenvalue weighted by atomic mass is 9.82. The number of rotatable bonds is 2. The second-order valence-corrected chi connectivity index (χ2v) is 7.13. The summed E-state index contributed by atoms with van der Waals surface area (Å²) in [7, 11) is 4.26. The molecule has 0 bridgehead atoms. The van der Waals surface area contributed by atoms with Crippen LogP contribution in [-0.2, 0) is 4.74 Å². The van der Waals surface area contributed by atoms with Gasteiger partial charge >= 0.3 is 0 Å². The van der Waals surface area contributed by atoms with E-state index >= 15 is 0 Å². The molecule has 0 aliphatic carbocycles. The minimum Gasteiger partial charge on any atom is -0.375 e. The fourth-order valence-corrected chi connectivity index (χ4v) is 3.81. The number of piperidine rings is 1. The van der Waals surface area contributed by atoms with Crippen molar-refractivity contribution in [3.63, 3.8) is 0 Å². The molecular formula is C19H25N3O2. The minimum absolute atomic E-state index is 0.0157. The lowest BCUT2D eigenvalue weighted by Crippen LogP contribution is -2.53. The minimum atomic E-state index is -0.0710. The Balaban J connectivity index is 1.64. The Labute approximate surface area is 143 Å². The lowest BCUT2D eigenvalue weighted by Gasteiger charge is -2.47. The van der Waals surface area contributed by atoms with Gasteiger partial charge in [0.25, 0.3) is 5.91 Å². The molecule has 2 heterocycles. The van der Waals surface area contributed by atoms with Crippen LogP contribution in [0.15, 0.2) is 24.3 Å². The molecule has 1 spiro atoms. The van der Waals surface area contributed by atoms with Crippen molar-refractivity contribution in [2.45, 2.75) is 37.3 Å². The van der Waals surface area contributed by atoms with Gasteiger partial charge in [-0.15, -0.1) is 0 Å². The summed E-state index contributed by atoms with van der Waals surface area (Å²) in [5.74, 6) is 0.0157. The first-order valence-electron chi connectivity index (χ1n) is 8.63. The van der Waals surface area contributed by atoms with Crippen LogP contribution in [0.3, 0.4) is 0 Å². The van der Waals surface area contributed by atoms with Gasteiger partial charge in [-0.05, 0) is 58.0 Å². The van der Waals surface area contributed by atoms with Gasteiger partial charge in [-0.1, -0.05) is 6.07 Å². The zero-order chi connectivity index (χ0) is 17.2. The van der Waals surface area contributed by atoms with Gasteiger partial charge in [0.15, 0.2) is 0 Å². The van der Waals surface area contributed by atoms with Crippen molar-refractivity contribution in [3.05, 3.63) is 35.4 Å². The summed E-state index contributed by atoms with van der Waals surface area (Å²) in [4.78, 5) is 16.9. The molecule has 0 N–H and O–H groups in total. The number of likely N-dealkylation sites (tertiary alicyclic amines) is 1. The van der Waals surface area contributed by atoms with E-state index in [1.54, 1.807) is 24.3 Å². The van der Waals surface area contributed by atoms with Crippen LogP contribution in [-0.4, -0.2) is 61.1 Å². The van der Waals surface area contributed by atoms with E-state index in [2.05, 4.69) is 25.1 Å². The van der Waals surface area contributed by atoms with E-state index in [0.717, 1.165) is 45.4 Å². The highest BCUT2D eigenvalue weighted by Gasteiger charge is 2.41. The third-order valence-electron chi connectivity index (χ3n) is 5.40. The summed E-state index contributed by atoms with van der Waals surface area (Å²) >= 11 is 0. The van der Waals surface area contributed by atoms with E-state index in [-0.39, 0.29) is 11.5 Å². The Kier molecular flexibility index (Phi) is 4.88. The second kappa shape index (κ2) is 6.92. The Morgan fingerprint density at radius 3 is 2.79 bits per heavy atom. The zero-order valence-electron chi connectivity index (χ0n) is 14.5. The van der Waals surface area contributed by atoms with E-state index < -0.39 is 0 Å². The number of benzene rings is 1. The maximum absolute atomic E-state index is 12.7. The number of ether oxygens (including phenoxy) is 1. The molecule has 0 aromatic heterocycles. The monoisotopic (exact) mass is 327 g/mol. The summed E-state index contributed by atoms with van der Waals surface area (Å²) in [5, 5.41) is 8.99. The van der Waals surface area contributed by atoms with Crippen LogP contribution < -0.4 is 0 Å². The van der Waals surface area contributed by atoms with Gasteiger partial charge < -0.3 is 14.5 Å². The predicted octanol–water partition coefficient (Wildman–Crippen LogP) is 2.27. The van der Waals surface area contributed by atoms with Crippen molar-refractivity contribution >= 4 is 5.91 Å². The Bertz CT molecular complexity index is 642. The van der Waals surface area contributed by atoms with Gasteiger partial charge in [-0.2, -0.15) is 5.26 Å². The van der Waals surface area contributed by atoms with Crippen LogP contribution >= 0.6 is 0 Å². The molecule has 2 aliphatic heterocycles. The molecule has 3 rings (SSSR count). The molecule has 0 unspecified atom stereocenters. The largest absolute Gasteiger partial charge is 0.375 e. The first-order valence-corrected chi connectivity index (χ1v) is 8.63. The third kappa shape index (κ3) is 3.45. The van der Waals surface area contributed by atoms with Crippen molar-refractivity contribution in [1.29, 1.82) is 5.26 Å². The van der Waals surface area contributed by atoms with Gasteiger partial charge in [-0.25, -0.2) is 0 Å². The van der Waals surface area contributed by atoms with Crippen LogP contribution in [0.5, 0.6) is 0 Å². The number of nitriles is 1. The highest BCUT2D eigenvalue weighted by Crippen LogP contribution is 2.36. The molecule has 24 heavy (non-hydrogen) atoms. The van der Waals surface area contributed by atoms with Crippen molar-refractivity contribution in [2.24, 2.45) is 0 Å². The molecule has 1 aromatic carbocycles. The lowest BCUT2D eigenvalue weighted by molar-refractivity contribution is -0.125. The Morgan fingerprint density at radius 2 is 2.12 bits per heavy atom. The highest BCUT2D eigenvalue weighted by molar-refractivity contribution is 5.94. The molecule has 2 aliphatic rings. The number of carbonyl (C=O) groups excluding carboxylic acids is 1. The molecule has 0 radical (unpaired) electrons. The van der Waals surface area contributed by atoms with Crippen molar-refractivity contribution < 1.29 is 9.53 Å².